The van der Waals surface area contributed by atoms with Crippen LogP contribution >= 0.6 is 0 Å². The first-order valence-electron chi connectivity index (χ1n) is 9.31. The second kappa shape index (κ2) is 7.37. The van der Waals surface area contributed by atoms with Crippen LogP contribution in [0.5, 0.6) is 0 Å². The number of aliphatic carboxylic acids is 1. The normalized spacial score (nSPS) is 20.0. The Morgan fingerprint density at radius 2 is 1.50 bits per heavy atom. The van der Waals surface area contributed by atoms with Crippen LogP contribution in [-0.2, 0) is 9.22 Å². The minimum Gasteiger partial charge on any atom is -0.481 e. The fourth-order valence-electron chi connectivity index (χ4n) is 3.98. The summed E-state index contributed by atoms with van der Waals surface area (Å²) in [6.07, 6.45) is 1.22. The molecule has 1 N–H and O–H groups in total. The zero-order chi connectivity index (χ0) is 18.8. The maximum atomic E-state index is 11.0. The minimum atomic E-state index is -2.49. The van der Waals surface area contributed by atoms with Crippen molar-refractivity contribution in [3.05, 3.63) is 60.7 Å². The molecular formula is C22H28O3Si. The maximum absolute atomic E-state index is 11.0. The van der Waals surface area contributed by atoms with Gasteiger partial charge >= 0.3 is 5.97 Å². The van der Waals surface area contributed by atoms with Gasteiger partial charge in [0.1, 0.15) is 0 Å². The van der Waals surface area contributed by atoms with Gasteiger partial charge in [-0.15, -0.1) is 0 Å². The Hall–Kier alpha value is -1.91. The Bertz CT molecular complexity index is 697. The Morgan fingerprint density at radius 1 is 1.00 bits per heavy atom. The average Bonchev–Trinajstić information content (AvgIpc) is 3.33. The fraction of sp³-hybridized carbons (Fsp3) is 0.409. The van der Waals surface area contributed by atoms with E-state index in [-0.39, 0.29) is 17.4 Å². The van der Waals surface area contributed by atoms with E-state index in [2.05, 4.69) is 69.3 Å². The molecule has 0 spiro atoms. The third-order valence-corrected chi connectivity index (χ3v) is 10.4. The number of rotatable bonds is 7. The molecule has 2 aromatic rings. The van der Waals surface area contributed by atoms with Crippen LogP contribution in [-0.4, -0.2) is 26.0 Å². The number of benzene rings is 2. The number of hydrogen-bond donors (Lipinski definition) is 1. The third-order valence-electron chi connectivity index (χ3n) is 5.44. The molecule has 0 saturated heterocycles. The average molecular weight is 369 g/mol. The first kappa shape index (κ1) is 18.9. The fourth-order valence-corrected chi connectivity index (χ4v) is 8.60. The lowest BCUT2D eigenvalue weighted by Gasteiger charge is -2.43. The van der Waals surface area contributed by atoms with Gasteiger partial charge in [-0.1, -0.05) is 81.4 Å². The van der Waals surface area contributed by atoms with Crippen LogP contribution in [0.25, 0.3) is 0 Å². The number of carbonyl (C=O) groups is 1. The molecule has 1 fully saturated rings. The van der Waals surface area contributed by atoms with Crippen molar-refractivity contribution in [2.24, 2.45) is 11.8 Å². The molecule has 0 unspecified atom stereocenters. The molecule has 3 nitrogen and oxygen atoms in total. The van der Waals surface area contributed by atoms with Gasteiger partial charge in [-0.2, -0.15) is 0 Å². The van der Waals surface area contributed by atoms with E-state index < -0.39 is 14.3 Å². The van der Waals surface area contributed by atoms with Gasteiger partial charge in [0.25, 0.3) is 8.32 Å². The van der Waals surface area contributed by atoms with Gasteiger partial charge in [-0.3, -0.25) is 4.79 Å². The second-order valence-corrected chi connectivity index (χ2v) is 12.6. The standard InChI is InChI=1S/C22H28O3Si/c1-22(2,3)26(19-10-6-4-7-11-19,20-12-8-5-9-13-20)25-16-18-14-17(18)15-21(23)24/h4-13,17-18H,14-16H2,1-3H3,(H,23,24)/t17-,18-/m1/s1. The van der Waals surface area contributed by atoms with Crippen LogP contribution in [0.3, 0.4) is 0 Å². The Labute approximate surface area is 157 Å². The summed E-state index contributed by atoms with van der Waals surface area (Å²) >= 11 is 0. The predicted molar refractivity (Wildman–Crippen MR) is 107 cm³/mol. The molecule has 0 aliphatic heterocycles. The van der Waals surface area contributed by atoms with Crippen molar-refractivity contribution in [1.29, 1.82) is 0 Å². The molecule has 3 rings (SSSR count). The molecule has 0 aromatic heterocycles. The van der Waals surface area contributed by atoms with E-state index in [1.54, 1.807) is 0 Å². The van der Waals surface area contributed by atoms with Crippen LogP contribution in [0.4, 0.5) is 0 Å². The maximum Gasteiger partial charge on any atom is 0.303 e. The first-order chi connectivity index (χ1) is 12.3. The summed E-state index contributed by atoms with van der Waals surface area (Å²) in [7, 11) is -2.49. The summed E-state index contributed by atoms with van der Waals surface area (Å²) in [5.74, 6) is -0.0681. The molecule has 1 saturated carbocycles. The van der Waals surface area contributed by atoms with E-state index in [4.69, 9.17) is 9.53 Å². The van der Waals surface area contributed by atoms with Gasteiger partial charge in [0.2, 0.25) is 0 Å². The van der Waals surface area contributed by atoms with Gasteiger partial charge < -0.3 is 9.53 Å². The summed E-state index contributed by atoms with van der Waals surface area (Å²) in [5, 5.41) is 11.5. The summed E-state index contributed by atoms with van der Waals surface area (Å²) < 4.78 is 6.85. The van der Waals surface area contributed by atoms with Gasteiger partial charge in [0.05, 0.1) is 0 Å². The van der Waals surface area contributed by atoms with Crippen molar-refractivity contribution in [1.82, 2.24) is 0 Å². The summed E-state index contributed by atoms with van der Waals surface area (Å²) in [4.78, 5) is 11.0. The Kier molecular flexibility index (Phi) is 5.35. The zero-order valence-electron chi connectivity index (χ0n) is 15.8. The SMILES string of the molecule is CC(C)(C)[Si](OC[C@H]1C[C@@H]1CC(=O)O)(c1ccccc1)c1ccccc1. The summed E-state index contributed by atoms with van der Waals surface area (Å²) in [6, 6.07) is 21.2. The van der Waals surface area contributed by atoms with E-state index in [1.807, 2.05) is 12.1 Å². The molecule has 1 aliphatic rings. The number of carboxylic acids is 1. The largest absolute Gasteiger partial charge is 0.481 e. The lowest BCUT2D eigenvalue weighted by Crippen LogP contribution is -2.66. The highest BCUT2D eigenvalue weighted by Crippen LogP contribution is 2.44. The molecule has 26 heavy (non-hydrogen) atoms. The molecule has 0 bridgehead atoms. The van der Waals surface area contributed by atoms with Gasteiger partial charge in [-0.25, -0.2) is 0 Å². The minimum absolute atomic E-state index is 0.0348. The number of carboxylic acid groups (broad SMARTS) is 1. The van der Waals surface area contributed by atoms with Gasteiger partial charge in [-0.05, 0) is 33.7 Å². The van der Waals surface area contributed by atoms with Crippen LogP contribution in [0.15, 0.2) is 60.7 Å². The molecule has 2 atom stereocenters. The molecule has 1 aliphatic carbocycles. The smallest absolute Gasteiger partial charge is 0.303 e. The molecule has 4 heteroatoms. The molecule has 2 aromatic carbocycles. The van der Waals surface area contributed by atoms with Crippen molar-refractivity contribution in [2.45, 2.75) is 38.7 Å². The van der Waals surface area contributed by atoms with Crippen LogP contribution in [0, 0.1) is 11.8 Å². The number of hydrogen-bond acceptors (Lipinski definition) is 2. The molecule has 0 heterocycles. The molecular weight excluding hydrogens is 340 g/mol. The second-order valence-electron chi connectivity index (χ2n) is 8.33. The van der Waals surface area contributed by atoms with Gasteiger partial charge in [0, 0.05) is 13.0 Å². The van der Waals surface area contributed by atoms with E-state index in [0.717, 1.165) is 6.42 Å². The zero-order valence-corrected chi connectivity index (χ0v) is 16.8. The highest BCUT2D eigenvalue weighted by Gasteiger charge is 2.51. The lowest BCUT2D eigenvalue weighted by molar-refractivity contribution is -0.137. The van der Waals surface area contributed by atoms with E-state index >= 15 is 0 Å². The van der Waals surface area contributed by atoms with Crippen molar-refractivity contribution in [2.75, 3.05) is 6.61 Å². The monoisotopic (exact) mass is 368 g/mol. The predicted octanol–water partition coefficient (Wildman–Crippen LogP) is 3.67. The summed E-state index contributed by atoms with van der Waals surface area (Å²) in [6.45, 7) is 7.44. The first-order valence-corrected chi connectivity index (χ1v) is 11.2. The van der Waals surface area contributed by atoms with Crippen LogP contribution < -0.4 is 10.4 Å². The van der Waals surface area contributed by atoms with Crippen molar-refractivity contribution >= 4 is 24.7 Å². The van der Waals surface area contributed by atoms with E-state index in [9.17, 15) is 4.79 Å². The van der Waals surface area contributed by atoms with Crippen molar-refractivity contribution in [3.63, 3.8) is 0 Å². The van der Waals surface area contributed by atoms with E-state index in [0.29, 0.717) is 12.5 Å². The molecule has 0 radical (unpaired) electrons. The topological polar surface area (TPSA) is 46.5 Å². The summed E-state index contributed by atoms with van der Waals surface area (Å²) in [5.41, 5.74) is 0. The third kappa shape index (κ3) is 3.76. The van der Waals surface area contributed by atoms with Crippen molar-refractivity contribution < 1.29 is 14.3 Å². The highest BCUT2D eigenvalue weighted by molar-refractivity contribution is 6.99. The van der Waals surface area contributed by atoms with Crippen molar-refractivity contribution in [3.8, 4) is 0 Å². The van der Waals surface area contributed by atoms with E-state index in [1.165, 1.54) is 10.4 Å². The Balaban J connectivity index is 1.95. The van der Waals surface area contributed by atoms with Crippen LogP contribution in [0.2, 0.25) is 5.04 Å². The lowest BCUT2D eigenvalue weighted by atomic mass is 10.2. The highest BCUT2D eigenvalue weighted by atomic mass is 28.4. The van der Waals surface area contributed by atoms with Gasteiger partial charge in [0.15, 0.2) is 0 Å². The van der Waals surface area contributed by atoms with Crippen LogP contribution in [0.1, 0.15) is 33.6 Å². The quantitative estimate of drug-likeness (QED) is 0.759. The Morgan fingerprint density at radius 3 is 1.92 bits per heavy atom. The molecule has 138 valence electrons. The molecule has 0 amide bonds.